The Bertz CT molecular complexity index is 1360. The second-order valence-electron chi connectivity index (χ2n) is 6.24. The van der Waals surface area contributed by atoms with Crippen molar-refractivity contribution in [3.05, 3.63) is 78.5 Å². The topological polar surface area (TPSA) is 42.7 Å². The normalized spacial score (nSPS) is 11.2. The SMILES string of the molecule is Cc1ccc(-n2c(=S)[nH]c3c(sc(=S)n3-c3cc(C)ccc3F)c2=O)cc1. The van der Waals surface area contributed by atoms with Crippen molar-refractivity contribution in [1.29, 1.82) is 0 Å². The smallest absolute Gasteiger partial charge is 0.278 e. The number of rotatable bonds is 2. The van der Waals surface area contributed by atoms with Gasteiger partial charge in [-0.25, -0.2) is 4.39 Å². The summed E-state index contributed by atoms with van der Waals surface area (Å²) in [7, 11) is 0. The molecule has 0 saturated carbocycles. The van der Waals surface area contributed by atoms with Crippen LogP contribution in [0.1, 0.15) is 11.1 Å². The maximum atomic E-state index is 14.4. The summed E-state index contributed by atoms with van der Waals surface area (Å²) in [5.41, 5.74) is 3.07. The minimum Gasteiger partial charge on any atom is -0.316 e. The summed E-state index contributed by atoms with van der Waals surface area (Å²) in [6, 6.07) is 12.3. The molecule has 0 amide bonds. The minimum absolute atomic E-state index is 0.228. The summed E-state index contributed by atoms with van der Waals surface area (Å²) in [6.07, 6.45) is 0. The van der Waals surface area contributed by atoms with Crippen molar-refractivity contribution < 1.29 is 4.39 Å². The molecule has 0 spiro atoms. The molecule has 0 saturated heterocycles. The van der Waals surface area contributed by atoms with Crippen LogP contribution in [0.2, 0.25) is 0 Å². The standard InChI is InChI=1S/C19H14FN3OS3/c1-10-3-6-12(7-4-10)22-17(24)15-16(21-18(22)25)23(19(26)27-15)14-9-11(2)5-8-13(14)20/h3-9H,1-2H3,(H,21,25). The summed E-state index contributed by atoms with van der Waals surface area (Å²) in [5, 5.41) is 0. The Morgan fingerprint density at radius 1 is 1.00 bits per heavy atom. The van der Waals surface area contributed by atoms with Crippen molar-refractivity contribution in [2.75, 3.05) is 0 Å². The molecule has 2 aromatic heterocycles. The number of nitrogens with one attached hydrogen (secondary N) is 1. The number of H-pyrrole nitrogens is 1. The van der Waals surface area contributed by atoms with E-state index in [0.29, 0.717) is 25.7 Å². The van der Waals surface area contributed by atoms with Crippen LogP contribution in [-0.2, 0) is 0 Å². The molecule has 0 bridgehead atoms. The molecule has 4 rings (SSSR count). The second-order valence-corrected chi connectivity index (χ2v) is 8.27. The molecule has 2 heterocycles. The van der Waals surface area contributed by atoms with Gasteiger partial charge in [0.05, 0.1) is 11.4 Å². The van der Waals surface area contributed by atoms with Gasteiger partial charge in [-0.1, -0.05) is 35.1 Å². The largest absolute Gasteiger partial charge is 0.316 e. The van der Waals surface area contributed by atoms with Crippen molar-refractivity contribution in [2.24, 2.45) is 0 Å². The summed E-state index contributed by atoms with van der Waals surface area (Å²) in [6.45, 7) is 3.84. The molecule has 0 aliphatic carbocycles. The predicted octanol–water partition coefficient (Wildman–Crippen LogP) is 5.39. The first kappa shape index (κ1) is 18.0. The van der Waals surface area contributed by atoms with E-state index in [2.05, 4.69) is 4.98 Å². The van der Waals surface area contributed by atoms with Gasteiger partial charge >= 0.3 is 0 Å². The lowest BCUT2D eigenvalue weighted by Gasteiger charge is -2.10. The first-order valence-corrected chi connectivity index (χ1v) is 9.74. The molecule has 136 valence electrons. The molecule has 8 heteroatoms. The van der Waals surface area contributed by atoms with Crippen LogP contribution >= 0.6 is 35.8 Å². The molecule has 1 N–H and O–H groups in total. The van der Waals surface area contributed by atoms with E-state index in [1.807, 2.05) is 38.1 Å². The third kappa shape index (κ3) is 2.99. The predicted molar refractivity (Wildman–Crippen MR) is 112 cm³/mol. The van der Waals surface area contributed by atoms with E-state index < -0.39 is 5.82 Å². The van der Waals surface area contributed by atoms with E-state index in [9.17, 15) is 9.18 Å². The van der Waals surface area contributed by atoms with Crippen LogP contribution in [0.25, 0.3) is 21.7 Å². The Labute approximate surface area is 168 Å². The number of aryl methyl sites for hydroxylation is 2. The van der Waals surface area contributed by atoms with Crippen molar-refractivity contribution in [2.45, 2.75) is 13.8 Å². The number of benzene rings is 2. The molecule has 27 heavy (non-hydrogen) atoms. The van der Waals surface area contributed by atoms with Crippen LogP contribution in [0.4, 0.5) is 4.39 Å². The number of hydrogen-bond acceptors (Lipinski definition) is 4. The lowest BCUT2D eigenvalue weighted by Crippen LogP contribution is -2.20. The maximum absolute atomic E-state index is 14.4. The van der Waals surface area contributed by atoms with Crippen molar-refractivity contribution in [3.8, 4) is 11.4 Å². The van der Waals surface area contributed by atoms with Gasteiger partial charge in [0, 0.05) is 0 Å². The average molecular weight is 416 g/mol. The molecular weight excluding hydrogens is 401 g/mol. The van der Waals surface area contributed by atoms with Gasteiger partial charge in [0.2, 0.25) is 0 Å². The summed E-state index contributed by atoms with van der Waals surface area (Å²) >= 11 is 12.0. The molecule has 4 nitrogen and oxygen atoms in total. The fraction of sp³-hybridized carbons (Fsp3) is 0.105. The van der Waals surface area contributed by atoms with Crippen LogP contribution in [0.5, 0.6) is 0 Å². The fourth-order valence-corrected chi connectivity index (χ4v) is 4.52. The van der Waals surface area contributed by atoms with Crippen molar-refractivity contribution in [1.82, 2.24) is 14.1 Å². The number of thiazole rings is 1. The highest BCUT2D eigenvalue weighted by molar-refractivity contribution is 7.73. The molecule has 0 aliphatic heterocycles. The van der Waals surface area contributed by atoms with Crippen LogP contribution in [0.3, 0.4) is 0 Å². The van der Waals surface area contributed by atoms with Crippen molar-refractivity contribution in [3.63, 3.8) is 0 Å². The molecule has 2 aromatic carbocycles. The van der Waals surface area contributed by atoms with Gasteiger partial charge < -0.3 is 4.98 Å². The lowest BCUT2D eigenvalue weighted by atomic mass is 10.2. The molecular formula is C19H14FN3OS3. The number of aromatic amines is 1. The second kappa shape index (κ2) is 6.63. The van der Waals surface area contributed by atoms with Gasteiger partial charge in [0.1, 0.15) is 16.2 Å². The van der Waals surface area contributed by atoms with Crippen molar-refractivity contribution >= 4 is 46.1 Å². The van der Waals surface area contributed by atoms with Gasteiger partial charge in [-0.15, -0.1) is 0 Å². The average Bonchev–Trinajstić information content (AvgIpc) is 2.95. The Morgan fingerprint density at radius 2 is 1.67 bits per heavy atom. The number of fused-ring (bicyclic) bond motifs is 1. The van der Waals surface area contributed by atoms with E-state index >= 15 is 0 Å². The maximum Gasteiger partial charge on any atom is 0.278 e. The van der Waals surface area contributed by atoms with E-state index in [1.54, 1.807) is 12.1 Å². The molecule has 0 aliphatic rings. The molecule has 4 aromatic rings. The van der Waals surface area contributed by atoms with Gasteiger partial charge in [0.15, 0.2) is 8.73 Å². The van der Waals surface area contributed by atoms with E-state index in [1.165, 1.54) is 15.2 Å². The number of halogens is 1. The zero-order valence-electron chi connectivity index (χ0n) is 14.4. The van der Waals surface area contributed by atoms with Crippen LogP contribution < -0.4 is 5.56 Å². The van der Waals surface area contributed by atoms with E-state index in [-0.39, 0.29) is 10.3 Å². The Kier molecular flexibility index (Phi) is 4.41. The highest BCUT2D eigenvalue weighted by atomic mass is 32.1. The van der Waals surface area contributed by atoms with Crippen LogP contribution in [-0.4, -0.2) is 14.1 Å². The highest BCUT2D eigenvalue weighted by Gasteiger charge is 2.17. The zero-order chi connectivity index (χ0) is 19.3. The first-order valence-electron chi connectivity index (χ1n) is 8.11. The highest BCUT2D eigenvalue weighted by Crippen LogP contribution is 2.26. The van der Waals surface area contributed by atoms with Gasteiger partial charge in [-0.3, -0.25) is 13.9 Å². The Balaban J connectivity index is 2.07. The van der Waals surface area contributed by atoms with E-state index in [4.69, 9.17) is 24.4 Å². The number of aromatic nitrogens is 3. The van der Waals surface area contributed by atoms with Gasteiger partial charge in [0.25, 0.3) is 5.56 Å². The molecule has 0 atom stereocenters. The fourth-order valence-electron chi connectivity index (χ4n) is 2.92. The number of nitrogens with zero attached hydrogens (tertiary/aromatic N) is 2. The van der Waals surface area contributed by atoms with Crippen LogP contribution in [0.15, 0.2) is 47.3 Å². The van der Waals surface area contributed by atoms with Gasteiger partial charge in [-0.05, 0) is 68.1 Å². The lowest BCUT2D eigenvalue weighted by molar-refractivity contribution is 0.618. The first-order chi connectivity index (χ1) is 12.9. The monoisotopic (exact) mass is 415 g/mol. The molecule has 0 unspecified atom stereocenters. The number of hydrogen-bond donors (Lipinski definition) is 1. The molecule has 0 radical (unpaired) electrons. The van der Waals surface area contributed by atoms with Gasteiger partial charge in [-0.2, -0.15) is 0 Å². The third-order valence-corrected chi connectivity index (χ3v) is 5.92. The van der Waals surface area contributed by atoms with E-state index in [0.717, 1.165) is 22.5 Å². The van der Waals surface area contributed by atoms with Crippen LogP contribution in [0, 0.1) is 28.4 Å². The summed E-state index contributed by atoms with van der Waals surface area (Å²) < 4.78 is 18.4. The quantitative estimate of drug-likeness (QED) is 0.447. The Morgan fingerprint density at radius 3 is 2.37 bits per heavy atom. The summed E-state index contributed by atoms with van der Waals surface area (Å²) in [5.74, 6) is -0.418. The zero-order valence-corrected chi connectivity index (χ0v) is 16.9. The minimum atomic E-state index is -0.418. The molecule has 0 fully saturated rings. The Hall–Kier alpha value is -2.42. The summed E-state index contributed by atoms with van der Waals surface area (Å²) in [4.78, 5) is 16.2. The third-order valence-electron chi connectivity index (χ3n) is 4.27.